The van der Waals surface area contributed by atoms with Gasteiger partial charge in [0.2, 0.25) is 5.91 Å². The minimum Gasteiger partial charge on any atom is -0.273 e. The first-order chi connectivity index (χ1) is 12.7. The van der Waals surface area contributed by atoms with Crippen LogP contribution in [0.4, 0.5) is 0 Å². The third-order valence-corrected chi connectivity index (χ3v) is 7.42. The molecular formula is C20H28N6O. The number of aromatic nitrogens is 4. The van der Waals surface area contributed by atoms with Gasteiger partial charge in [-0.05, 0) is 56.4 Å². The van der Waals surface area contributed by atoms with Crippen molar-refractivity contribution in [1.29, 1.82) is 0 Å². The van der Waals surface area contributed by atoms with Crippen LogP contribution in [0.25, 0.3) is 5.78 Å². The quantitative estimate of drug-likeness (QED) is 0.841. The van der Waals surface area contributed by atoms with E-state index in [-0.39, 0.29) is 16.7 Å². The van der Waals surface area contributed by atoms with Crippen LogP contribution in [-0.2, 0) is 11.2 Å². The number of carbonyl (C=O) groups excluding carboxylic acids is 1. The Morgan fingerprint density at radius 1 is 1.37 bits per heavy atom. The van der Waals surface area contributed by atoms with Crippen molar-refractivity contribution in [2.24, 2.45) is 21.8 Å². The molecule has 0 spiro atoms. The predicted molar refractivity (Wildman–Crippen MR) is 103 cm³/mol. The smallest absolute Gasteiger partial charge is 0.252 e. The summed E-state index contributed by atoms with van der Waals surface area (Å²) < 4.78 is 1.72. The Morgan fingerprint density at radius 2 is 2.15 bits per heavy atom. The lowest BCUT2D eigenvalue weighted by Crippen LogP contribution is -2.34. The van der Waals surface area contributed by atoms with Gasteiger partial charge >= 0.3 is 0 Å². The molecular weight excluding hydrogens is 340 g/mol. The lowest BCUT2D eigenvalue weighted by Gasteiger charge is -2.34. The minimum atomic E-state index is -0.0517. The van der Waals surface area contributed by atoms with Gasteiger partial charge in [-0.2, -0.15) is 15.2 Å². The van der Waals surface area contributed by atoms with E-state index in [0.29, 0.717) is 24.5 Å². The fourth-order valence-electron chi connectivity index (χ4n) is 5.04. The third kappa shape index (κ3) is 2.66. The highest BCUT2D eigenvalue weighted by molar-refractivity contribution is 5.95. The average molecular weight is 368 g/mol. The van der Waals surface area contributed by atoms with E-state index in [4.69, 9.17) is 0 Å². The number of hydrogen-bond donors (Lipinski definition) is 1. The van der Waals surface area contributed by atoms with Crippen molar-refractivity contribution in [2.45, 2.75) is 66.7 Å². The summed E-state index contributed by atoms with van der Waals surface area (Å²) in [5.41, 5.74) is 7.27. The summed E-state index contributed by atoms with van der Waals surface area (Å²) >= 11 is 0. The molecule has 27 heavy (non-hydrogen) atoms. The molecule has 0 unspecified atom stereocenters. The summed E-state index contributed by atoms with van der Waals surface area (Å²) in [6.45, 7) is 10.9. The van der Waals surface area contributed by atoms with Crippen molar-refractivity contribution in [1.82, 2.24) is 25.0 Å². The SMILES string of the molecule is Cc1nc2ncnn2c(C)c1CCC(=O)N/N=C1/C[C@@H]2CC[C@@]1(C)C2(C)C. The molecule has 0 aromatic carbocycles. The van der Waals surface area contributed by atoms with Crippen molar-refractivity contribution < 1.29 is 4.79 Å². The number of carbonyl (C=O) groups is 1. The van der Waals surface area contributed by atoms with Crippen LogP contribution < -0.4 is 5.43 Å². The first-order valence-electron chi connectivity index (χ1n) is 9.76. The molecule has 2 aliphatic rings. The molecule has 0 aliphatic heterocycles. The molecule has 7 nitrogen and oxygen atoms in total. The number of hydrazone groups is 1. The molecule has 2 heterocycles. The third-order valence-electron chi connectivity index (χ3n) is 7.42. The first-order valence-corrected chi connectivity index (χ1v) is 9.76. The Bertz CT molecular complexity index is 943. The summed E-state index contributed by atoms with van der Waals surface area (Å²) in [5, 5.41) is 8.75. The van der Waals surface area contributed by atoms with Crippen molar-refractivity contribution in [3.8, 4) is 0 Å². The second-order valence-corrected chi connectivity index (χ2v) is 8.82. The molecule has 0 radical (unpaired) electrons. The fourth-order valence-corrected chi connectivity index (χ4v) is 5.04. The van der Waals surface area contributed by atoms with Crippen molar-refractivity contribution in [2.75, 3.05) is 0 Å². The van der Waals surface area contributed by atoms with Crippen LogP contribution in [-0.4, -0.2) is 31.2 Å². The van der Waals surface area contributed by atoms with Crippen molar-refractivity contribution >= 4 is 17.4 Å². The van der Waals surface area contributed by atoms with Crippen LogP contribution >= 0.6 is 0 Å². The van der Waals surface area contributed by atoms with Gasteiger partial charge < -0.3 is 0 Å². The molecule has 2 atom stereocenters. The van der Waals surface area contributed by atoms with Crippen molar-refractivity contribution in [3.05, 3.63) is 23.3 Å². The number of rotatable bonds is 4. The molecule has 2 aromatic heterocycles. The lowest BCUT2D eigenvalue weighted by molar-refractivity contribution is -0.121. The van der Waals surface area contributed by atoms with Gasteiger partial charge in [0.1, 0.15) is 6.33 Å². The maximum atomic E-state index is 12.4. The highest BCUT2D eigenvalue weighted by atomic mass is 16.2. The molecule has 1 amide bonds. The summed E-state index contributed by atoms with van der Waals surface area (Å²) in [7, 11) is 0. The predicted octanol–water partition coefficient (Wildman–Crippen LogP) is 2.99. The van der Waals surface area contributed by atoms with Gasteiger partial charge in [-0.25, -0.2) is 14.9 Å². The topological polar surface area (TPSA) is 84.5 Å². The number of hydrogen-bond acceptors (Lipinski definition) is 5. The van der Waals surface area contributed by atoms with E-state index < -0.39 is 0 Å². The Morgan fingerprint density at radius 3 is 2.81 bits per heavy atom. The molecule has 1 N–H and O–H groups in total. The zero-order chi connectivity index (χ0) is 19.4. The molecule has 2 aromatic rings. The van der Waals surface area contributed by atoms with E-state index in [2.05, 4.69) is 46.4 Å². The molecule has 2 fully saturated rings. The molecule has 2 bridgehead atoms. The Labute approximate surface area is 159 Å². The molecule has 2 saturated carbocycles. The van der Waals surface area contributed by atoms with E-state index in [1.165, 1.54) is 19.2 Å². The van der Waals surface area contributed by atoms with Crippen LogP contribution in [0.1, 0.15) is 63.4 Å². The van der Waals surface area contributed by atoms with Gasteiger partial charge in [-0.3, -0.25) is 4.79 Å². The van der Waals surface area contributed by atoms with Crippen LogP contribution in [0.2, 0.25) is 0 Å². The van der Waals surface area contributed by atoms with Gasteiger partial charge in [-0.1, -0.05) is 20.8 Å². The standard InChI is InChI=1S/C20H28N6O/c1-12-15(13(2)26-18(23-12)21-11-22-26)6-7-17(27)25-24-16-10-14-8-9-20(16,5)19(14,3)4/h11,14H,6-10H2,1-5H3,(H,25,27)/b24-16-/t14-,20+/m0/s1. The fraction of sp³-hybridized carbons (Fsp3) is 0.650. The van der Waals surface area contributed by atoms with Gasteiger partial charge in [0.15, 0.2) is 0 Å². The highest BCUT2D eigenvalue weighted by Crippen LogP contribution is 2.63. The van der Waals surface area contributed by atoms with E-state index >= 15 is 0 Å². The maximum Gasteiger partial charge on any atom is 0.252 e. The summed E-state index contributed by atoms with van der Waals surface area (Å²) in [4.78, 5) is 21.0. The van der Waals surface area contributed by atoms with Crippen LogP contribution in [0.15, 0.2) is 11.4 Å². The number of fused-ring (bicyclic) bond motifs is 3. The van der Waals surface area contributed by atoms with E-state index in [9.17, 15) is 4.79 Å². The maximum absolute atomic E-state index is 12.4. The van der Waals surface area contributed by atoms with E-state index in [1.54, 1.807) is 4.52 Å². The molecule has 0 saturated heterocycles. The normalized spacial score (nSPS) is 27.6. The van der Waals surface area contributed by atoms with Crippen LogP contribution in [0.3, 0.4) is 0 Å². The highest BCUT2D eigenvalue weighted by Gasteiger charge is 2.59. The largest absolute Gasteiger partial charge is 0.273 e. The monoisotopic (exact) mass is 368 g/mol. The second-order valence-electron chi connectivity index (χ2n) is 8.82. The second kappa shape index (κ2) is 6.11. The van der Waals surface area contributed by atoms with Crippen LogP contribution in [0.5, 0.6) is 0 Å². The number of nitrogens with one attached hydrogen (secondary N) is 1. The average Bonchev–Trinajstić information content (AvgIpc) is 3.21. The van der Waals surface area contributed by atoms with E-state index in [0.717, 1.165) is 29.1 Å². The summed E-state index contributed by atoms with van der Waals surface area (Å²) in [6.07, 6.45) is 5.94. The van der Waals surface area contributed by atoms with Gasteiger partial charge in [0, 0.05) is 28.9 Å². The number of aryl methyl sites for hydroxylation is 2. The minimum absolute atomic E-state index is 0.0517. The zero-order valence-electron chi connectivity index (χ0n) is 16.8. The Hall–Kier alpha value is -2.31. The Kier molecular flexibility index (Phi) is 4.09. The van der Waals surface area contributed by atoms with Gasteiger partial charge in [0.25, 0.3) is 5.78 Å². The number of nitrogens with zero attached hydrogens (tertiary/aromatic N) is 5. The molecule has 7 heteroatoms. The number of amides is 1. The van der Waals surface area contributed by atoms with Gasteiger partial charge in [0.05, 0.1) is 0 Å². The van der Waals surface area contributed by atoms with Gasteiger partial charge in [-0.15, -0.1) is 0 Å². The first kappa shape index (κ1) is 18.1. The molecule has 144 valence electrons. The van der Waals surface area contributed by atoms with E-state index in [1.807, 2.05) is 13.8 Å². The summed E-state index contributed by atoms with van der Waals surface area (Å²) in [6, 6.07) is 0. The Balaban J connectivity index is 1.43. The van der Waals surface area contributed by atoms with Crippen molar-refractivity contribution in [3.63, 3.8) is 0 Å². The van der Waals surface area contributed by atoms with Crippen LogP contribution in [0, 0.1) is 30.6 Å². The summed E-state index contributed by atoms with van der Waals surface area (Å²) in [5.74, 6) is 1.23. The molecule has 4 rings (SSSR count). The lowest BCUT2D eigenvalue weighted by atomic mass is 9.70. The molecule has 2 aliphatic carbocycles. The zero-order valence-corrected chi connectivity index (χ0v) is 16.8.